The summed E-state index contributed by atoms with van der Waals surface area (Å²) in [7, 11) is 0. The van der Waals surface area contributed by atoms with Crippen molar-refractivity contribution in [1.82, 2.24) is 0 Å². The second-order valence-corrected chi connectivity index (χ2v) is 9.04. The zero-order valence-electron chi connectivity index (χ0n) is 9.30. The first-order valence-corrected chi connectivity index (χ1v) is 9.02. The van der Waals surface area contributed by atoms with E-state index in [0.717, 1.165) is 0 Å². The molecule has 8 rings (SSSR count). The molecule has 4 bridgehead atoms. The van der Waals surface area contributed by atoms with Gasteiger partial charge in [-0.1, -0.05) is 22.6 Å². The fraction of sp³-hybridized carbons (Fsp3) is 1.00. The van der Waals surface area contributed by atoms with E-state index < -0.39 is 0 Å². The Morgan fingerprint density at radius 1 is 0.625 bits per heavy atom. The summed E-state index contributed by atoms with van der Waals surface area (Å²) in [5.74, 6) is 16.5. The minimum atomic E-state index is 1.20. The summed E-state index contributed by atoms with van der Waals surface area (Å²) in [6, 6.07) is 0. The molecule has 8 fully saturated rings. The zero-order valence-corrected chi connectivity index (χ0v) is 11.5. The van der Waals surface area contributed by atoms with Crippen LogP contribution in [-0.2, 0) is 0 Å². The van der Waals surface area contributed by atoms with Crippen LogP contribution in [-0.4, -0.2) is 4.43 Å². The lowest BCUT2D eigenvalue weighted by atomic mass is 9.80. The molecule has 1 heteroatoms. The van der Waals surface area contributed by atoms with Crippen molar-refractivity contribution in [2.45, 2.75) is 6.42 Å². The first kappa shape index (κ1) is 8.01. The molecule has 0 heterocycles. The Kier molecular flexibility index (Phi) is 0.981. The third-order valence-electron chi connectivity index (χ3n) is 9.02. The van der Waals surface area contributed by atoms with E-state index in [-0.39, 0.29) is 0 Å². The van der Waals surface area contributed by atoms with E-state index in [9.17, 15) is 0 Å². The molecular formula is C15H17I. The van der Waals surface area contributed by atoms with Gasteiger partial charge in [-0.3, -0.25) is 0 Å². The second kappa shape index (κ2) is 1.96. The number of hydrogen-bond donors (Lipinski definition) is 0. The van der Waals surface area contributed by atoms with Gasteiger partial charge in [-0.15, -0.1) is 0 Å². The van der Waals surface area contributed by atoms with Crippen LogP contribution in [0, 0.1) is 76.9 Å². The third-order valence-corrected chi connectivity index (χ3v) is 10.0. The average molecular weight is 324 g/mol. The Labute approximate surface area is 110 Å². The van der Waals surface area contributed by atoms with E-state index in [2.05, 4.69) is 22.6 Å². The van der Waals surface area contributed by atoms with Gasteiger partial charge in [0.15, 0.2) is 0 Å². The molecule has 8 aliphatic carbocycles. The van der Waals surface area contributed by atoms with Crippen molar-refractivity contribution in [2.75, 3.05) is 4.43 Å². The van der Waals surface area contributed by atoms with Gasteiger partial charge in [-0.05, 0) is 83.4 Å². The zero-order chi connectivity index (χ0) is 9.92. The Bertz CT molecular complexity index is 361. The van der Waals surface area contributed by atoms with Gasteiger partial charge < -0.3 is 0 Å². The highest BCUT2D eigenvalue weighted by molar-refractivity contribution is 14.1. The molecule has 5 unspecified atom stereocenters. The minimum Gasteiger partial charge on any atom is -0.0861 e. The van der Waals surface area contributed by atoms with E-state index >= 15 is 0 Å². The maximum Gasteiger partial charge on any atom is 0.00294 e. The van der Waals surface area contributed by atoms with Crippen LogP contribution < -0.4 is 0 Å². The lowest BCUT2D eigenvalue weighted by molar-refractivity contribution is 0.220. The molecule has 16 heavy (non-hydrogen) atoms. The molecule has 8 aliphatic rings. The summed E-state index contributed by atoms with van der Waals surface area (Å²) in [6.45, 7) is 0. The number of hydrogen-bond acceptors (Lipinski definition) is 0. The molecule has 0 amide bonds. The summed E-state index contributed by atoms with van der Waals surface area (Å²) in [6.07, 6.45) is 1.71. The Hall–Kier alpha value is 0.730. The third kappa shape index (κ3) is 0.448. The van der Waals surface area contributed by atoms with E-state index in [1.54, 1.807) is 6.42 Å². The molecule has 84 valence electrons. The van der Waals surface area contributed by atoms with Crippen molar-refractivity contribution in [3.63, 3.8) is 0 Å². The molecule has 0 nitrogen and oxygen atoms in total. The number of halogens is 1. The standard InChI is InChI=1S/C15H17I/c16-2-5-10-12-6-3-1-4-8(6)14(10)15-9(4)7(3)13(12)11(5)15/h3-15H,1-2H2/t3?,4?,5?,6-,7+,8+,9-,10?,11?,12-,13-,14+,15-/m1/s1. The van der Waals surface area contributed by atoms with Crippen molar-refractivity contribution in [1.29, 1.82) is 0 Å². The Morgan fingerprint density at radius 2 is 1.06 bits per heavy atom. The van der Waals surface area contributed by atoms with Crippen LogP contribution in [0.25, 0.3) is 0 Å². The smallest absolute Gasteiger partial charge is 0.00294 e. The minimum absolute atomic E-state index is 1.20. The van der Waals surface area contributed by atoms with E-state index in [0.29, 0.717) is 0 Å². The van der Waals surface area contributed by atoms with Crippen molar-refractivity contribution in [3.05, 3.63) is 0 Å². The molecular weight excluding hydrogens is 307 g/mol. The van der Waals surface area contributed by atoms with Crippen molar-refractivity contribution < 1.29 is 0 Å². The summed E-state index contributed by atoms with van der Waals surface area (Å²) in [5, 5.41) is 0. The van der Waals surface area contributed by atoms with Crippen LogP contribution in [0.15, 0.2) is 0 Å². The van der Waals surface area contributed by atoms with Gasteiger partial charge in [0.2, 0.25) is 0 Å². The predicted octanol–water partition coefficient (Wildman–Crippen LogP) is 2.92. The highest BCUT2D eigenvalue weighted by atomic mass is 127. The molecule has 13 atom stereocenters. The van der Waals surface area contributed by atoms with Gasteiger partial charge >= 0.3 is 0 Å². The van der Waals surface area contributed by atoms with Gasteiger partial charge in [0.25, 0.3) is 0 Å². The van der Waals surface area contributed by atoms with Crippen molar-refractivity contribution in [3.8, 4) is 0 Å². The summed E-state index contributed by atoms with van der Waals surface area (Å²) >= 11 is 2.72. The molecule has 0 N–H and O–H groups in total. The van der Waals surface area contributed by atoms with Crippen LogP contribution in [0.2, 0.25) is 0 Å². The van der Waals surface area contributed by atoms with E-state index in [1.165, 1.54) is 81.4 Å². The quantitative estimate of drug-likeness (QED) is 0.514. The van der Waals surface area contributed by atoms with Gasteiger partial charge in [0.05, 0.1) is 0 Å². The first-order chi connectivity index (χ1) is 7.93. The molecule has 0 aromatic carbocycles. The molecule has 8 saturated carbocycles. The fourth-order valence-corrected chi connectivity index (χ4v) is 11.1. The van der Waals surface area contributed by atoms with Crippen LogP contribution in [0.3, 0.4) is 0 Å². The van der Waals surface area contributed by atoms with Crippen molar-refractivity contribution >= 4 is 22.6 Å². The van der Waals surface area contributed by atoms with E-state index in [4.69, 9.17) is 0 Å². The van der Waals surface area contributed by atoms with Crippen LogP contribution in [0.1, 0.15) is 6.42 Å². The summed E-state index contributed by atoms with van der Waals surface area (Å²) in [5.41, 5.74) is 0. The maximum atomic E-state index is 2.72. The van der Waals surface area contributed by atoms with Crippen molar-refractivity contribution in [2.24, 2.45) is 76.9 Å². The van der Waals surface area contributed by atoms with Gasteiger partial charge in [-0.2, -0.15) is 0 Å². The lowest BCUT2D eigenvalue weighted by Crippen LogP contribution is -2.21. The first-order valence-electron chi connectivity index (χ1n) is 7.49. The molecule has 0 aliphatic heterocycles. The predicted molar refractivity (Wildman–Crippen MR) is 68.9 cm³/mol. The monoisotopic (exact) mass is 324 g/mol. The SMILES string of the molecule is ICC1C2[C@@H]3[C@H]4C5CC6[C@H]4[C@H]2[C@H]2C1[C@H]3[C@H]5[C@H]62. The summed E-state index contributed by atoms with van der Waals surface area (Å²) in [4.78, 5) is 0. The van der Waals surface area contributed by atoms with Crippen LogP contribution in [0.4, 0.5) is 0 Å². The second-order valence-electron chi connectivity index (χ2n) is 8.16. The van der Waals surface area contributed by atoms with Gasteiger partial charge in [0, 0.05) is 4.43 Å². The average Bonchev–Trinajstić information content (AvgIpc) is 2.96. The molecule has 0 radical (unpaired) electrons. The Balaban J connectivity index is 1.63. The maximum absolute atomic E-state index is 2.72. The van der Waals surface area contributed by atoms with Crippen LogP contribution in [0.5, 0.6) is 0 Å². The molecule has 0 aromatic rings. The molecule has 0 aromatic heterocycles. The fourth-order valence-electron chi connectivity index (χ4n) is 9.96. The molecule has 0 spiro atoms. The van der Waals surface area contributed by atoms with E-state index in [1.807, 2.05) is 0 Å². The number of rotatable bonds is 1. The van der Waals surface area contributed by atoms with Gasteiger partial charge in [0.1, 0.15) is 0 Å². The van der Waals surface area contributed by atoms with Crippen LogP contribution >= 0.6 is 22.6 Å². The highest BCUT2D eigenvalue weighted by Gasteiger charge is 2.90. The highest BCUT2D eigenvalue weighted by Crippen LogP contribution is 2.93. The lowest BCUT2D eigenvalue weighted by Gasteiger charge is -2.25. The normalized spacial score (nSPS) is 90.2. The summed E-state index contributed by atoms with van der Waals surface area (Å²) < 4.78 is 1.50. The Morgan fingerprint density at radius 3 is 1.44 bits per heavy atom. The molecule has 0 saturated heterocycles. The topological polar surface area (TPSA) is 0 Å². The largest absolute Gasteiger partial charge is 0.0861 e. The van der Waals surface area contributed by atoms with Gasteiger partial charge in [-0.25, -0.2) is 0 Å². The number of alkyl halides is 1.